The van der Waals surface area contributed by atoms with Gasteiger partial charge >= 0.3 is 6.09 Å². The Labute approximate surface area is 82.0 Å². The summed E-state index contributed by atoms with van der Waals surface area (Å²) in [4.78, 5) is 15.7. The fraction of sp³-hybridized carbons (Fsp3) is 0.333. The first-order valence-electron chi connectivity index (χ1n) is 3.12. The van der Waals surface area contributed by atoms with Crippen molar-refractivity contribution in [3.05, 3.63) is 9.61 Å². The molecule has 6 heteroatoms. The number of aryl methyl sites for hydroxylation is 1. The quantitative estimate of drug-likeness (QED) is 0.833. The summed E-state index contributed by atoms with van der Waals surface area (Å²) < 4.78 is 0.697. The van der Waals surface area contributed by atoms with Crippen LogP contribution >= 0.6 is 27.3 Å². The lowest BCUT2D eigenvalue weighted by Gasteiger charge is -2.09. The van der Waals surface area contributed by atoms with Gasteiger partial charge in [-0.1, -0.05) is 11.3 Å². The van der Waals surface area contributed by atoms with E-state index in [9.17, 15) is 4.79 Å². The Kier molecular flexibility index (Phi) is 2.69. The molecule has 0 bridgehead atoms. The number of halogens is 1. The van der Waals surface area contributed by atoms with E-state index in [1.165, 1.54) is 18.4 Å². The standard InChI is InChI=1S/C6H7BrN2O2S/c1-3-4(9(2)6(10)11)12-5(7)8-3/h1-2H3,(H,10,11). The summed E-state index contributed by atoms with van der Waals surface area (Å²) in [7, 11) is 1.50. The fourth-order valence-electron chi connectivity index (χ4n) is 0.754. The molecule has 1 aromatic rings. The molecule has 4 nitrogen and oxygen atoms in total. The molecule has 0 saturated carbocycles. The molecule has 66 valence electrons. The molecule has 0 saturated heterocycles. The van der Waals surface area contributed by atoms with Crippen LogP contribution in [0.3, 0.4) is 0 Å². The van der Waals surface area contributed by atoms with Gasteiger partial charge in [0.2, 0.25) is 0 Å². The lowest BCUT2D eigenvalue weighted by Crippen LogP contribution is -2.23. The molecule has 0 unspecified atom stereocenters. The summed E-state index contributed by atoms with van der Waals surface area (Å²) in [6.45, 7) is 1.77. The minimum absolute atomic E-state index is 0.648. The largest absolute Gasteiger partial charge is 0.465 e. The minimum atomic E-state index is -0.978. The number of anilines is 1. The van der Waals surface area contributed by atoms with E-state index in [0.29, 0.717) is 8.92 Å². The number of carbonyl (C=O) groups is 1. The van der Waals surface area contributed by atoms with E-state index in [1.807, 2.05) is 0 Å². The summed E-state index contributed by atoms with van der Waals surface area (Å²) in [5.41, 5.74) is 0.719. The fourth-order valence-corrected chi connectivity index (χ4v) is 2.23. The van der Waals surface area contributed by atoms with E-state index in [-0.39, 0.29) is 0 Å². The average Bonchev–Trinajstić information content (AvgIpc) is 2.28. The van der Waals surface area contributed by atoms with Crippen LogP contribution in [-0.2, 0) is 0 Å². The Morgan fingerprint density at radius 3 is 2.67 bits per heavy atom. The van der Waals surface area contributed by atoms with Crippen LogP contribution in [0.15, 0.2) is 3.92 Å². The van der Waals surface area contributed by atoms with Crippen LogP contribution in [-0.4, -0.2) is 23.2 Å². The van der Waals surface area contributed by atoms with Crippen molar-refractivity contribution < 1.29 is 9.90 Å². The van der Waals surface area contributed by atoms with Crippen LogP contribution < -0.4 is 4.90 Å². The Bertz CT molecular complexity index is 312. The van der Waals surface area contributed by atoms with Crippen LogP contribution in [0.2, 0.25) is 0 Å². The van der Waals surface area contributed by atoms with E-state index in [2.05, 4.69) is 20.9 Å². The van der Waals surface area contributed by atoms with Gasteiger partial charge in [-0.3, -0.25) is 4.90 Å². The summed E-state index contributed by atoms with van der Waals surface area (Å²) in [5.74, 6) is 0. The molecular weight excluding hydrogens is 244 g/mol. The van der Waals surface area contributed by atoms with Crippen LogP contribution in [0.25, 0.3) is 0 Å². The predicted octanol–water partition coefficient (Wildman–Crippen LogP) is 2.33. The number of amides is 1. The van der Waals surface area contributed by atoms with Gasteiger partial charge in [-0.25, -0.2) is 9.78 Å². The molecule has 0 aromatic carbocycles. The smallest absolute Gasteiger partial charge is 0.412 e. The summed E-state index contributed by atoms with van der Waals surface area (Å²) in [6, 6.07) is 0. The second kappa shape index (κ2) is 3.40. The maximum Gasteiger partial charge on any atom is 0.412 e. The third-order valence-electron chi connectivity index (χ3n) is 1.34. The lowest BCUT2D eigenvalue weighted by atomic mass is 10.5. The van der Waals surface area contributed by atoms with Crippen LogP contribution in [0.1, 0.15) is 5.69 Å². The van der Waals surface area contributed by atoms with Gasteiger partial charge in [0.1, 0.15) is 5.00 Å². The Morgan fingerprint density at radius 2 is 2.33 bits per heavy atom. The van der Waals surface area contributed by atoms with Crippen molar-refractivity contribution in [1.82, 2.24) is 4.98 Å². The number of nitrogens with zero attached hydrogens (tertiary/aromatic N) is 2. The molecule has 0 aliphatic rings. The molecule has 0 fully saturated rings. The van der Waals surface area contributed by atoms with E-state index >= 15 is 0 Å². The third kappa shape index (κ3) is 1.75. The first-order valence-corrected chi connectivity index (χ1v) is 4.73. The molecule has 1 aromatic heterocycles. The van der Waals surface area contributed by atoms with Crippen molar-refractivity contribution in [2.24, 2.45) is 0 Å². The van der Waals surface area contributed by atoms with Crippen molar-refractivity contribution in [2.75, 3.05) is 11.9 Å². The molecule has 1 rings (SSSR count). The molecule has 0 atom stereocenters. The van der Waals surface area contributed by atoms with E-state index in [0.717, 1.165) is 10.6 Å². The highest BCUT2D eigenvalue weighted by atomic mass is 79.9. The Morgan fingerprint density at radius 1 is 1.75 bits per heavy atom. The lowest BCUT2D eigenvalue weighted by molar-refractivity contribution is 0.203. The molecule has 0 aliphatic carbocycles. The van der Waals surface area contributed by atoms with E-state index in [4.69, 9.17) is 5.11 Å². The minimum Gasteiger partial charge on any atom is -0.465 e. The zero-order chi connectivity index (χ0) is 9.30. The number of rotatable bonds is 1. The van der Waals surface area contributed by atoms with E-state index in [1.54, 1.807) is 6.92 Å². The molecule has 0 aliphatic heterocycles. The number of carboxylic acid groups (broad SMARTS) is 1. The van der Waals surface area contributed by atoms with Crippen molar-refractivity contribution in [1.29, 1.82) is 0 Å². The maximum atomic E-state index is 10.6. The summed E-state index contributed by atoms with van der Waals surface area (Å²) in [5, 5.41) is 9.31. The molecule has 1 N–H and O–H groups in total. The Balaban J connectivity index is 3.02. The third-order valence-corrected chi connectivity index (χ3v) is 3.02. The molecule has 12 heavy (non-hydrogen) atoms. The second-order valence-corrected chi connectivity index (χ2v) is 4.45. The van der Waals surface area contributed by atoms with Gasteiger partial charge in [-0.2, -0.15) is 0 Å². The van der Waals surface area contributed by atoms with Crippen molar-refractivity contribution >= 4 is 38.4 Å². The highest BCUT2D eigenvalue weighted by Crippen LogP contribution is 2.30. The number of hydrogen-bond donors (Lipinski definition) is 1. The van der Waals surface area contributed by atoms with Crippen LogP contribution in [0, 0.1) is 6.92 Å². The molecule has 0 radical (unpaired) electrons. The van der Waals surface area contributed by atoms with Gasteiger partial charge in [0.25, 0.3) is 0 Å². The topological polar surface area (TPSA) is 53.4 Å². The number of hydrogen-bond acceptors (Lipinski definition) is 3. The SMILES string of the molecule is Cc1nc(Br)sc1N(C)C(=O)O. The monoisotopic (exact) mass is 250 g/mol. The molecule has 1 heterocycles. The highest BCUT2D eigenvalue weighted by molar-refractivity contribution is 9.11. The average molecular weight is 251 g/mol. The maximum absolute atomic E-state index is 10.6. The van der Waals surface area contributed by atoms with Gasteiger partial charge in [-0.15, -0.1) is 0 Å². The molecule has 1 amide bonds. The number of aromatic nitrogens is 1. The molecule has 0 spiro atoms. The second-order valence-electron chi connectivity index (χ2n) is 2.20. The van der Waals surface area contributed by atoms with Crippen molar-refractivity contribution in [3.63, 3.8) is 0 Å². The number of thiazole rings is 1. The summed E-state index contributed by atoms with van der Waals surface area (Å²) >= 11 is 4.49. The van der Waals surface area contributed by atoms with Crippen molar-refractivity contribution in [3.8, 4) is 0 Å². The van der Waals surface area contributed by atoms with E-state index < -0.39 is 6.09 Å². The Hall–Kier alpha value is -0.620. The molecular formula is C6H7BrN2O2S. The van der Waals surface area contributed by atoms with Gasteiger partial charge in [0.15, 0.2) is 3.92 Å². The van der Waals surface area contributed by atoms with Gasteiger partial charge < -0.3 is 5.11 Å². The first kappa shape index (κ1) is 9.47. The summed E-state index contributed by atoms with van der Waals surface area (Å²) in [6.07, 6.45) is -0.978. The van der Waals surface area contributed by atoms with Gasteiger partial charge in [0, 0.05) is 7.05 Å². The highest BCUT2D eigenvalue weighted by Gasteiger charge is 2.14. The predicted molar refractivity (Wildman–Crippen MR) is 51.0 cm³/mol. The van der Waals surface area contributed by atoms with Crippen molar-refractivity contribution in [2.45, 2.75) is 6.92 Å². The first-order chi connectivity index (χ1) is 5.52. The van der Waals surface area contributed by atoms with Gasteiger partial charge in [-0.05, 0) is 22.9 Å². The zero-order valence-corrected chi connectivity index (χ0v) is 8.94. The van der Waals surface area contributed by atoms with Crippen LogP contribution in [0.4, 0.5) is 9.80 Å². The van der Waals surface area contributed by atoms with Gasteiger partial charge in [0.05, 0.1) is 5.69 Å². The zero-order valence-electron chi connectivity index (χ0n) is 6.54. The van der Waals surface area contributed by atoms with Crippen LogP contribution in [0.5, 0.6) is 0 Å². The normalized spacial score (nSPS) is 9.92.